The summed E-state index contributed by atoms with van der Waals surface area (Å²) in [6, 6.07) is 0. The second-order valence-electron chi connectivity index (χ2n) is 3.62. The fourth-order valence-corrected chi connectivity index (χ4v) is 1.24. The molecule has 0 spiro atoms. The van der Waals surface area contributed by atoms with Crippen LogP contribution in [0.1, 0.15) is 32.6 Å². The Morgan fingerprint density at radius 2 is 1.73 bits per heavy atom. The molecule has 0 aliphatic carbocycles. The van der Waals surface area contributed by atoms with Gasteiger partial charge in [-0.25, -0.2) is 0 Å². The average Bonchev–Trinajstić information content (AvgIpc) is 2.26. The van der Waals surface area contributed by atoms with E-state index in [9.17, 15) is 4.79 Å². The van der Waals surface area contributed by atoms with Crippen LogP contribution >= 0.6 is 0 Å². The molecule has 0 aliphatic heterocycles. The number of hydrogen-bond donors (Lipinski definition) is 3. The highest BCUT2D eigenvalue weighted by molar-refractivity contribution is 5.75. The van der Waals surface area contributed by atoms with E-state index >= 15 is 0 Å². The predicted octanol–water partition coefficient (Wildman–Crippen LogP) is 0.492. The third-order valence-corrected chi connectivity index (χ3v) is 2.23. The number of unbranched alkanes of at least 4 members (excludes halogenated alkanes) is 2. The summed E-state index contributed by atoms with van der Waals surface area (Å²) < 4.78 is 0. The SMILES string of the molecule is CCC(=O)NCCCCCNCCNC. The monoisotopic (exact) mass is 215 g/mol. The van der Waals surface area contributed by atoms with Crippen molar-refractivity contribution in [1.29, 1.82) is 0 Å². The van der Waals surface area contributed by atoms with E-state index in [0.717, 1.165) is 32.6 Å². The van der Waals surface area contributed by atoms with Crippen LogP contribution in [0.25, 0.3) is 0 Å². The van der Waals surface area contributed by atoms with Crippen molar-refractivity contribution < 1.29 is 4.79 Å². The first-order valence-electron chi connectivity index (χ1n) is 5.93. The zero-order chi connectivity index (χ0) is 11.4. The number of amides is 1. The highest BCUT2D eigenvalue weighted by Gasteiger charge is 1.94. The topological polar surface area (TPSA) is 53.2 Å². The maximum absolute atomic E-state index is 10.9. The van der Waals surface area contributed by atoms with Gasteiger partial charge in [0.15, 0.2) is 0 Å². The maximum Gasteiger partial charge on any atom is 0.219 e. The lowest BCUT2D eigenvalue weighted by atomic mass is 10.2. The van der Waals surface area contributed by atoms with Gasteiger partial charge in [0, 0.05) is 26.1 Å². The normalized spacial score (nSPS) is 10.3. The largest absolute Gasteiger partial charge is 0.356 e. The number of likely N-dealkylation sites (N-methyl/N-ethyl adjacent to an activating group) is 1. The molecule has 0 aromatic heterocycles. The number of hydrogen-bond acceptors (Lipinski definition) is 3. The lowest BCUT2D eigenvalue weighted by molar-refractivity contribution is -0.120. The summed E-state index contributed by atoms with van der Waals surface area (Å²) in [5, 5.41) is 9.31. The number of carbonyl (C=O) groups is 1. The maximum atomic E-state index is 10.9. The van der Waals surface area contributed by atoms with Crippen LogP contribution in [0.3, 0.4) is 0 Å². The summed E-state index contributed by atoms with van der Waals surface area (Å²) in [4.78, 5) is 10.9. The molecule has 0 radical (unpaired) electrons. The van der Waals surface area contributed by atoms with Gasteiger partial charge < -0.3 is 16.0 Å². The first-order valence-corrected chi connectivity index (χ1v) is 5.93. The van der Waals surface area contributed by atoms with Crippen molar-refractivity contribution in [2.24, 2.45) is 0 Å². The van der Waals surface area contributed by atoms with Crippen LogP contribution in [0.4, 0.5) is 0 Å². The summed E-state index contributed by atoms with van der Waals surface area (Å²) in [5.41, 5.74) is 0. The molecule has 15 heavy (non-hydrogen) atoms. The van der Waals surface area contributed by atoms with Crippen molar-refractivity contribution in [3.05, 3.63) is 0 Å². The van der Waals surface area contributed by atoms with Gasteiger partial charge in [0.2, 0.25) is 5.91 Å². The molecule has 0 fully saturated rings. The Labute approximate surface area is 93.2 Å². The standard InChI is InChI=1S/C11H25N3O/c1-3-11(15)14-8-6-4-5-7-13-10-9-12-2/h12-13H,3-10H2,1-2H3,(H,14,15). The van der Waals surface area contributed by atoms with Gasteiger partial charge in [-0.05, 0) is 26.4 Å². The molecule has 0 saturated heterocycles. The Bertz CT molecular complexity index is 151. The number of carbonyl (C=O) groups excluding carboxylic acids is 1. The minimum absolute atomic E-state index is 0.155. The zero-order valence-corrected chi connectivity index (χ0v) is 10.1. The molecule has 0 aliphatic rings. The molecule has 0 rings (SSSR count). The molecule has 3 N–H and O–H groups in total. The van der Waals surface area contributed by atoms with Gasteiger partial charge >= 0.3 is 0 Å². The van der Waals surface area contributed by atoms with Gasteiger partial charge in [0.1, 0.15) is 0 Å². The molecule has 1 amide bonds. The number of rotatable bonds is 10. The van der Waals surface area contributed by atoms with Crippen LogP contribution in [-0.2, 0) is 4.79 Å². The fourth-order valence-electron chi connectivity index (χ4n) is 1.24. The van der Waals surface area contributed by atoms with Gasteiger partial charge in [-0.3, -0.25) is 4.79 Å². The smallest absolute Gasteiger partial charge is 0.219 e. The van der Waals surface area contributed by atoms with E-state index in [1.54, 1.807) is 0 Å². The molecule has 0 bridgehead atoms. The van der Waals surface area contributed by atoms with E-state index in [1.807, 2.05) is 14.0 Å². The van der Waals surface area contributed by atoms with Gasteiger partial charge in [-0.2, -0.15) is 0 Å². The van der Waals surface area contributed by atoms with E-state index in [0.29, 0.717) is 6.42 Å². The summed E-state index contributed by atoms with van der Waals surface area (Å²) in [6.45, 7) is 5.82. The molecule has 0 saturated carbocycles. The van der Waals surface area contributed by atoms with Crippen LogP contribution in [0, 0.1) is 0 Å². The molecule has 0 unspecified atom stereocenters. The summed E-state index contributed by atoms with van der Waals surface area (Å²) >= 11 is 0. The highest BCUT2D eigenvalue weighted by Crippen LogP contribution is 1.92. The van der Waals surface area contributed by atoms with Crippen molar-refractivity contribution in [2.45, 2.75) is 32.6 Å². The van der Waals surface area contributed by atoms with Crippen molar-refractivity contribution in [3.8, 4) is 0 Å². The Balaban J connectivity index is 2.95. The van der Waals surface area contributed by atoms with Crippen LogP contribution in [0.15, 0.2) is 0 Å². The van der Waals surface area contributed by atoms with Gasteiger partial charge in [0.05, 0.1) is 0 Å². The molecule has 0 heterocycles. The van der Waals surface area contributed by atoms with Crippen molar-refractivity contribution in [1.82, 2.24) is 16.0 Å². The Hall–Kier alpha value is -0.610. The van der Waals surface area contributed by atoms with Crippen molar-refractivity contribution >= 4 is 5.91 Å². The molecular weight excluding hydrogens is 190 g/mol. The van der Waals surface area contributed by atoms with E-state index < -0.39 is 0 Å². The molecule has 4 nitrogen and oxygen atoms in total. The molecule has 0 aromatic rings. The van der Waals surface area contributed by atoms with E-state index in [-0.39, 0.29) is 5.91 Å². The summed E-state index contributed by atoms with van der Waals surface area (Å²) in [6.07, 6.45) is 4.03. The summed E-state index contributed by atoms with van der Waals surface area (Å²) in [5.74, 6) is 0.155. The third-order valence-electron chi connectivity index (χ3n) is 2.23. The van der Waals surface area contributed by atoms with E-state index in [1.165, 1.54) is 12.8 Å². The van der Waals surface area contributed by atoms with E-state index in [4.69, 9.17) is 0 Å². The van der Waals surface area contributed by atoms with Crippen LogP contribution < -0.4 is 16.0 Å². The summed E-state index contributed by atoms with van der Waals surface area (Å²) in [7, 11) is 1.96. The highest BCUT2D eigenvalue weighted by atomic mass is 16.1. The number of nitrogens with one attached hydrogen (secondary N) is 3. The van der Waals surface area contributed by atoms with Gasteiger partial charge in [-0.1, -0.05) is 13.3 Å². The fraction of sp³-hybridized carbons (Fsp3) is 0.909. The molecule has 90 valence electrons. The van der Waals surface area contributed by atoms with Crippen molar-refractivity contribution in [3.63, 3.8) is 0 Å². The molecule has 0 atom stereocenters. The van der Waals surface area contributed by atoms with Gasteiger partial charge in [-0.15, -0.1) is 0 Å². The average molecular weight is 215 g/mol. The van der Waals surface area contributed by atoms with Crippen LogP contribution in [0.5, 0.6) is 0 Å². The van der Waals surface area contributed by atoms with Crippen LogP contribution in [0.2, 0.25) is 0 Å². The minimum atomic E-state index is 0.155. The second kappa shape index (κ2) is 11.5. The minimum Gasteiger partial charge on any atom is -0.356 e. The molecular formula is C11H25N3O. The third kappa shape index (κ3) is 11.3. The Morgan fingerprint density at radius 3 is 2.40 bits per heavy atom. The predicted molar refractivity (Wildman–Crippen MR) is 63.9 cm³/mol. The molecule has 0 aromatic carbocycles. The first kappa shape index (κ1) is 14.4. The molecule has 4 heteroatoms. The van der Waals surface area contributed by atoms with Crippen LogP contribution in [-0.4, -0.2) is 39.1 Å². The first-order chi connectivity index (χ1) is 7.31. The second-order valence-corrected chi connectivity index (χ2v) is 3.62. The quantitative estimate of drug-likeness (QED) is 0.465. The zero-order valence-electron chi connectivity index (χ0n) is 10.1. The van der Waals surface area contributed by atoms with Crippen molar-refractivity contribution in [2.75, 3.05) is 33.2 Å². The Morgan fingerprint density at radius 1 is 1.00 bits per heavy atom. The Kier molecular flexibility index (Phi) is 11.0. The van der Waals surface area contributed by atoms with Gasteiger partial charge in [0.25, 0.3) is 0 Å². The lowest BCUT2D eigenvalue weighted by Gasteiger charge is -2.05. The van der Waals surface area contributed by atoms with E-state index in [2.05, 4.69) is 16.0 Å². The lowest BCUT2D eigenvalue weighted by Crippen LogP contribution is -2.26.